The largest absolute Gasteiger partial charge is 0.356 e. The molecule has 27 heavy (non-hydrogen) atoms. The van der Waals surface area contributed by atoms with E-state index in [1.54, 1.807) is 6.20 Å². The number of thiocarbonyl (C=S) groups is 1. The van der Waals surface area contributed by atoms with Gasteiger partial charge in [0.25, 0.3) is 0 Å². The lowest BCUT2D eigenvalue weighted by Gasteiger charge is -2.16. The van der Waals surface area contributed by atoms with Crippen LogP contribution in [0.5, 0.6) is 0 Å². The van der Waals surface area contributed by atoms with Gasteiger partial charge in [-0.3, -0.25) is 9.36 Å². The highest BCUT2D eigenvalue weighted by Crippen LogP contribution is 2.17. The van der Waals surface area contributed by atoms with Gasteiger partial charge < -0.3 is 10.6 Å². The molecule has 3 rings (SSSR count). The molecular weight excluding hydrogens is 356 g/mol. The number of hydrogen-bond acceptors (Lipinski definition) is 3. The van der Waals surface area contributed by atoms with E-state index in [0.29, 0.717) is 5.11 Å². The van der Waals surface area contributed by atoms with E-state index in [4.69, 9.17) is 12.2 Å². The van der Waals surface area contributed by atoms with Crippen LogP contribution in [-0.2, 0) is 13.1 Å². The maximum absolute atomic E-state index is 5.46. The van der Waals surface area contributed by atoms with Crippen molar-refractivity contribution < 1.29 is 0 Å². The van der Waals surface area contributed by atoms with Crippen molar-refractivity contribution in [2.24, 2.45) is 0 Å². The second kappa shape index (κ2) is 8.35. The summed E-state index contributed by atoms with van der Waals surface area (Å²) in [6.45, 7) is 9.93. The van der Waals surface area contributed by atoms with Crippen molar-refractivity contribution in [3.05, 3.63) is 65.2 Å². The van der Waals surface area contributed by atoms with Gasteiger partial charge in [-0.15, -0.1) is 0 Å². The monoisotopic (exact) mass is 382 g/mol. The molecule has 0 aliphatic carbocycles. The number of anilines is 1. The fraction of sp³-hybridized carbons (Fsp3) is 0.350. The van der Waals surface area contributed by atoms with Gasteiger partial charge in [-0.05, 0) is 45.5 Å². The molecular formula is C20H26N6S. The molecule has 0 radical (unpaired) electrons. The number of rotatable bonds is 6. The Labute approximate surface area is 165 Å². The van der Waals surface area contributed by atoms with Gasteiger partial charge >= 0.3 is 0 Å². The maximum Gasteiger partial charge on any atom is 0.171 e. The molecule has 0 spiro atoms. The molecule has 0 bridgehead atoms. The van der Waals surface area contributed by atoms with E-state index < -0.39 is 0 Å². The number of aryl methyl sites for hydroxylation is 2. The van der Waals surface area contributed by atoms with Gasteiger partial charge in [-0.2, -0.15) is 10.2 Å². The lowest BCUT2D eigenvalue weighted by molar-refractivity contribution is 0.633. The van der Waals surface area contributed by atoms with Crippen molar-refractivity contribution >= 4 is 23.0 Å². The van der Waals surface area contributed by atoms with Crippen LogP contribution >= 0.6 is 12.2 Å². The molecule has 0 aliphatic heterocycles. The Bertz CT molecular complexity index is 909. The highest BCUT2D eigenvalue weighted by Gasteiger charge is 2.14. The molecule has 2 heterocycles. The van der Waals surface area contributed by atoms with Crippen LogP contribution < -0.4 is 10.6 Å². The first kappa shape index (κ1) is 19.1. The van der Waals surface area contributed by atoms with E-state index in [1.165, 1.54) is 11.1 Å². The lowest BCUT2D eigenvalue weighted by atomic mass is 10.1. The Morgan fingerprint density at radius 1 is 1.15 bits per heavy atom. The third-order valence-electron chi connectivity index (χ3n) is 4.61. The van der Waals surface area contributed by atoms with Crippen LogP contribution in [-0.4, -0.2) is 24.7 Å². The van der Waals surface area contributed by atoms with Crippen LogP contribution in [0.15, 0.2) is 42.9 Å². The summed E-state index contributed by atoms with van der Waals surface area (Å²) in [7, 11) is 0. The normalized spacial score (nSPS) is 12.0. The van der Waals surface area contributed by atoms with Gasteiger partial charge in [0.2, 0.25) is 0 Å². The molecule has 2 N–H and O–H groups in total. The van der Waals surface area contributed by atoms with Gasteiger partial charge in [-0.25, -0.2) is 0 Å². The third kappa shape index (κ3) is 4.74. The summed E-state index contributed by atoms with van der Waals surface area (Å²) >= 11 is 5.46. The van der Waals surface area contributed by atoms with Crippen molar-refractivity contribution in [2.45, 2.75) is 46.8 Å². The summed E-state index contributed by atoms with van der Waals surface area (Å²) in [5.74, 6) is 0. The number of nitrogens with zero attached hydrogens (tertiary/aromatic N) is 4. The summed E-state index contributed by atoms with van der Waals surface area (Å²) in [6.07, 6.45) is 5.64. The van der Waals surface area contributed by atoms with Crippen molar-refractivity contribution in [1.82, 2.24) is 24.9 Å². The minimum atomic E-state index is 0.0768. The van der Waals surface area contributed by atoms with Crippen LogP contribution in [0.2, 0.25) is 0 Å². The number of nitrogens with one attached hydrogen (secondary N) is 2. The minimum absolute atomic E-state index is 0.0768. The van der Waals surface area contributed by atoms with Crippen molar-refractivity contribution in [3.8, 4) is 0 Å². The molecule has 7 heteroatoms. The van der Waals surface area contributed by atoms with Crippen LogP contribution in [0, 0.1) is 13.8 Å². The van der Waals surface area contributed by atoms with Gasteiger partial charge in [-0.1, -0.05) is 29.8 Å². The molecule has 1 atom stereocenters. The second-order valence-corrected chi connectivity index (χ2v) is 7.14. The molecule has 2 aromatic heterocycles. The van der Waals surface area contributed by atoms with E-state index in [9.17, 15) is 0 Å². The van der Waals surface area contributed by atoms with E-state index in [2.05, 4.69) is 72.8 Å². The average Bonchev–Trinajstić information content (AvgIpc) is 3.22. The fourth-order valence-electron chi connectivity index (χ4n) is 3.04. The molecule has 0 amide bonds. The zero-order chi connectivity index (χ0) is 19.4. The van der Waals surface area contributed by atoms with Gasteiger partial charge in [0.1, 0.15) is 0 Å². The Kier molecular flexibility index (Phi) is 5.91. The zero-order valence-corrected chi connectivity index (χ0v) is 17.0. The molecule has 3 aromatic rings. The predicted molar refractivity (Wildman–Crippen MR) is 113 cm³/mol. The first-order valence-electron chi connectivity index (χ1n) is 9.14. The summed E-state index contributed by atoms with van der Waals surface area (Å²) in [6, 6.07) is 8.54. The molecule has 0 saturated heterocycles. The molecule has 0 saturated carbocycles. The van der Waals surface area contributed by atoms with Crippen molar-refractivity contribution in [1.29, 1.82) is 0 Å². The summed E-state index contributed by atoms with van der Waals surface area (Å²) < 4.78 is 3.88. The fourth-order valence-corrected chi connectivity index (χ4v) is 3.34. The number of hydrogen-bond donors (Lipinski definition) is 2. The quantitative estimate of drug-likeness (QED) is 0.635. The van der Waals surface area contributed by atoms with Crippen LogP contribution in [0.1, 0.15) is 42.3 Å². The standard InChI is InChI=1S/C20H26N6S/c1-5-26-16(4)19(11-22-26)15(3)23-20(27)24-18-10-21-25(13-18)12-17-8-6-14(2)7-9-17/h6-11,13,15H,5,12H2,1-4H3,(H2,23,24,27). The van der Waals surface area contributed by atoms with Gasteiger partial charge in [0.15, 0.2) is 5.11 Å². The minimum Gasteiger partial charge on any atom is -0.356 e. The van der Waals surface area contributed by atoms with Crippen molar-refractivity contribution in [3.63, 3.8) is 0 Å². The smallest absolute Gasteiger partial charge is 0.171 e. The summed E-state index contributed by atoms with van der Waals surface area (Å²) in [5, 5.41) is 15.9. The lowest BCUT2D eigenvalue weighted by Crippen LogP contribution is -2.31. The Morgan fingerprint density at radius 3 is 2.56 bits per heavy atom. The van der Waals surface area contributed by atoms with Gasteiger partial charge in [0, 0.05) is 24.0 Å². The number of benzene rings is 1. The van der Waals surface area contributed by atoms with E-state index in [1.807, 2.05) is 21.8 Å². The van der Waals surface area contributed by atoms with E-state index in [0.717, 1.165) is 30.0 Å². The molecule has 0 aliphatic rings. The Hall–Kier alpha value is -2.67. The SMILES string of the molecule is CCn1ncc(C(C)NC(=S)Nc2cnn(Cc3ccc(C)cc3)c2)c1C. The average molecular weight is 383 g/mol. The van der Waals surface area contributed by atoms with Crippen LogP contribution in [0.25, 0.3) is 0 Å². The van der Waals surface area contributed by atoms with E-state index >= 15 is 0 Å². The van der Waals surface area contributed by atoms with Crippen molar-refractivity contribution in [2.75, 3.05) is 5.32 Å². The number of aromatic nitrogens is 4. The Morgan fingerprint density at radius 2 is 1.89 bits per heavy atom. The first-order chi connectivity index (χ1) is 13.0. The van der Waals surface area contributed by atoms with Crippen LogP contribution in [0.4, 0.5) is 5.69 Å². The van der Waals surface area contributed by atoms with Crippen LogP contribution in [0.3, 0.4) is 0 Å². The third-order valence-corrected chi connectivity index (χ3v) is 4.83. The topological polar surface area (TPSA) is 59.7 Å². The first-order valence-corrected chi connectivity index (χ1v) is 9.55. The maximum atomic E-state index is 5.46. The predicted octanol–water partition coefficient (Wildman–Crippen LogP) is 3.81. The van der Waals surface area contributed by atoms with E-state index in [-0.39, 0.29) is 6.04 Å². The highest BCUT2D eigenvalue weighted by atomic mass is 32.1. The molecule has 6 nitrogen and oxygen atoms in total. The second-order valence-electron chi connectivity index (χ2n) is 6.73. The zero-order valence-electron chi connectivity index (χ0n) is 16.2. The highest BCUT2D eigenvalue weighted by molar-refractivity contribution is 7.80. The molecule has 1 unspecified atom stereocenters. The molecule has 142 valence electrons. The van der Waals surface area contributed by atoms with Gasteiger partial charge in [0.05, 0.1) is 30.7 Å². The molecule has 0 fully saturated rings. The molecule has 1 aromatic carbocycles. The summed E-state index contributed by atoms with van der Waals surface area (Å²) in [5.41, 5.74) is 5.65. The summed E-state index contributed by atoms with van der Waals surface area (Å²) in [4.78, 5) is 0. The Balaban J connectivity index is 1.57.